The number of thiazole rings is 1. The molecule has 1 aliphatic heterocycles. The van der Waals surface area contributed by atoms with Gasteiger partial charge in [0.15, 0.2) is 10.8 Å². The molecule has 0 radical (unpaired) electrons. The van der Waals surface area contributed by atoms with E-state index in [0.717, 1.165) is 36.0 Å². The second-order valence-electron chi connectivity index (χ2n) is 5.01. The van der Waals surface area contributed by atoms with Crippen LogP contribution in [0.4, 0.5) is 0 Å². The molecule has 0 bridgehead atoms. The van der Waals surface area contributed by atoms with Crippen LogP contribution in [0.3, 0.4) is 0 Å². The van der Waals surface area contributed by atoms with E-state index >= 15 is 0 Å². The highest BCUT2D eigenvalue weighted by molar-refractivity contribution is 7.13. The summed E-state index contributed by atoms with van der Waals surface area (Å²) in [5, 5.41) is 5.82. The van der Waals surface area contributed by atoms with Crippen LogP contribution in [0.1, 0.15) is 22.7 Å². The first kappa shape index (κ1) is 16.0. The molecule has 0 spiro atoms. The van der Waals surface area contributed by atoms with Crippen molar-refractivity contribution in [2.24, 2.45) is 0 Å². The van der Waals surface area contributed by atoms with Crippen molar-refractivity contribution in [3.05, 3.63) is 29.0 Å². The van der Waals surface area contributed by atoms with Crippen LogP contribution in [0.15, 0.2) is 21.9 Å². The zero-order chi connectivity index (χ0) is 14.1. The van der Waals surface area contributed by atoms with E-state index in [1.54, 1.807) is 10.3 Å². The van der Waals surface area contributed by atoms with E-state index < -0.39 is 0 Å². The molecule has 114 valence electrons. The Hall–Kier alpha value is -1.37. The van der Waals surface area contributed by atoms with Crippen LogP contribution in [0.25, 0.3) is 10.8 Å². The van der Waals surface area contributed by atoms with Gasteiger partial charge in [0.25, 0.3) is 5.91 Å². The van der Waals surface area contributed by atoms with E-state index in [2.05, 4.69) is 10.3 Å². The number of amides is 1. The molecule has 0 saturated carbocycles. The maximum atomic E-state index is 12.4. The Labute approximate surface area is 133 Å². The average molecular weight is 328 g/mol. The lowest BCUT2D eigenvalue weighted by molar-refractivity contribution is 0.0739. The molecule has 3 heterocycles. The molecule has 7 heteroatoms. The number of aryl methyl sites for hydroxylation is 1. The molecule has 1 N–H and O–H groups in total. The average Bonchev–Trinajstić information content (AvgIpc) is 3.17. The largest absolute Gasteiger partial charge is 0.459 e. The predicted molar refractivity (Wildman–Crippen MR) is 85.2 cm³/mol. The summed E-state index contributed by atoms with van der Waals surface area (Å²) in [5.41, 5.74) is 0.494. The third-order valence-electron chi connectivity index (χ3n) is 3.58. The molecule has 1 unspecified atom stereocenters. The number of carbonyl (C=O) groups is 1. The van der Waals surface area contributed by atoms with Gasteiger partial charge in [-0.25, -0.2) is 4.98 Å². The molecule has 0 aliphatic carbocycles. The van der Waals surface area contributed by atoms with E-state index in [0.29, 0.717) is 5.69 Å². The van der Waals surface area contributed by atoms with Crippen molar-refractivity contribution in [2.45, 2.75) is 19.4 Å². The van der Waals surface area contributed by atoms with E-state index in [1.807, 2.05) is 26.1 Å². The third kappa shape index (κ3) is 3.28. The topological polar surface area (TPSA) is 58.4 Å². The lowest BCUT2D eigenvalue weighted by Gasteiger charge is -2.22. The van der Waals surface area contributed by atoms with Gasteiger partial charge in [-0.2, -0.15) is 0 Å². The molecule has 2 aromatic heterocycles. The fourth-order valence-corrected chi connectivity index (χ4v) is 3.10. The van der Waals surface area contributed by atoms with E-state index in [9.17, 15) is 4.79 Å². The molecule has 21 heavy (non-hydrogen) atoms. The van der Waals surface area contributed by atoms with Crippen molar-refractivity contribution in [1.82, 2.24) is 15.2 Å². The molecule has 0 aromatic carbocycles. The molecule has 1 amide bonds. The highest BCUT2D eigenvalue weighted by Gasteiger charge is 2.25. The first-order valence-corrected chi connectivity index (χ1v) is 7.53. The standard InChI is InChI=1S/C14H17N3O2S.ClH/c1-9-3-4-12(19-9)13-16-11(8-20-13)14(18)17(2)10-5-6-15-7-10;/h3-4,8,10,15H,5-7H2,1-2H3;1H. The zero-order valence-corrected chi connectivity index (χ0v) is 13.6. The maximum Gasteiger partial charge on any atom is 0.273 e. The van der Waals surface area contributed by atoms with E-state index in [-0.39, 0.29) is 24.4 Å². The monoisotopic (exact) mass is 327 g/mol. The maximum absolute atomic E-state index is 12.4. The third-order valence-corrected chi connectivity index (χ3v) is 4.43. The first-order chi connectivity index (χ1) is 9.65. The Morgan fingerprint density at radius 3 is 2.95 bits per heavy atom. The second kappa shape index (κ2) is 6.60. The smallest absolute Gasteiger partial charge is 0.273 e. The van der Waals surface area contributed by atoms with Crippen LogP contribution in [0.2, 0.25) is 0 Å². The van der Waals surface area contributed by atoms with Gasteiger partial charge < -0.3 is 14.6 Å². The van der Waals surface area contributed by atoms with Gasteiger partial charge in [0.05, 0.1) is 0 Å². The van der Waals surface area contributed by atoms with Gasteiger partial charge in [0, 0.05) is 25.0 Å². The van der Waals surface area contributed by atoms with Crippen molar-refractivity contribution in [1.29, 1.82) is 0 Å². The van der Waals surface area contributed by atoms with E-state index in [1.165, 1.54) is 11.3 Å². The summed E-state index contributed by atoms with van der Waals surface area (Å²) >= 11 is 1.44. The lowest BCUT2D eigenvalue weighted by Crippen LogP contribution is -2.38. The van der Waals surface area contributed by atoms with Crippen LogP contribution >= 0.6 is 23.7 Å². The number of hydrogen-bond donors (Lipinski definition) is 1. The molecule has 1 atom stereocenters. The molecule has 3 rings (SSSR count). The van der Waals surface area contributed by atoms with Crippen LogP contribution < -0.4 is 5.32 Å². The molecular weight excluding hydrogens is 310 g/mol. The SMILES string of the molecule is Cc1ccc(-c2nc(C(=O)N(C)C3CCNC3)cs2)o1.Cl. The van der Waals surface area contributed by atoms with Gasteiger partial charge in [0.1, 0.15) is 11.5 Å². The lowest BCUT2D eigenvalue weighted by atomic mass is 10.2. The summed E-state index contributed by atoms with van der Waals surface area (Å²) in [6.07, 6.45) is 0.997. The zero-order valence-electron chi connectivity index (χ0n) is 12.0. The second-order valence-corrected chi connectivity index (χ2v) is 5.87. The number of carbonyl (C=O) groups excluding carboxylic acids is 1. The van der Waals surface area contributed by atoms with Crippen molar-refractivity contribution in [2.75, 3.05) is 20.1 Å². The number of aromatic nitrogens is 1. The van der Waals surface area contributed by atoms with Crippen molar-refractivity contribution in [3.63, 3.8) is 0 Å². The fourth-order valence-electron chi connectivity index (χ4n) is 2.35. The van der Waals surface area contributed by atoms with Gasteiger partial charge in [0.2, 0.25) is 0 Å². The van der Waals surface area contributed by atoms with Gasteiger partial charge in [-0.05, 0) is 32.0 Å². The minimum atomic E-state index is -0.0236. The van der Waals surface area contributed by atoms with Crippen molar-refractivity contribution >= 4 is 29.7 Å². The Bertz CT molecular complexity index is 619. The van der Waals surface area contributed by atoms with Gasteiger partial charge in [-0.15, -0.1) is 23.7 Å². The highest BCUT2D eigenvalue weighted by atomic mass is 35.5. The number of rotatable bonds is 3. The molecule has 1 saturated heterocycles. The molecular formula is C14H18ClN3O2S. The fraction of sp³-hybridized carbons (Fsp3) is 0.429. The number of nitrogens with zero attached hydrogens (tertiary/aromatic N) is 2. The van der Waals surface area contributed by atoms with Gasteiger partial charge in [-0.1, -0.05) is 0 Å². The summed E-state index contributed by atoms with van der Waals surface area (Å²) < 4.78 is 5.54. The van der Waals surface area contributed by atoms with Crippen LogP contribution in [-0.4, -0.2) is 42.0 Å². The quantitative estimate of drug-likeness (QED) is 0.941. The Morgan fingerprint density at radius 1 is 1.52 bits per heavy atom. The molecule has 2 aromatic rings. The van der Waals surface area contributed by atoms with Gasteiger partial charge in [-0.3, -0.25) is 4.79 Å². The number of likely N-dealkylation sites (N-methyl/N-ethyl adjacent to an activating group) is 1. The first-order valence-electron chi connectivity index (χ1n) is 6.65. The summed E-state index contributed by atoms with van der Waals surface area (Å²) in [4.78, 5) is 18.6. The Balaban J connectivity index is 0.00000161. The summed E-state index contributed by atoms with van der Waals surface area (Å²) in [5.74, 6) is 1.54. The minimum absolute atomic E-state index is 0. The van der Waals surface area contributed by atoms with Crippen LogP contribution in [-0.2, 0) is 0 Å². The molecule has 5 nitrogen and oxygen atoms in total. The normalized spacial score (nSPS) is 17.5. The van der Waals surface area contributed by atoms with E-state index in [4.69, 9.17) is 4.42 Å². The van der Waals surface area contributed by atoms with Crippen LogP contribution in [0.5, 0.6) is 0 Å². The van der Waals surface area contributed by atoms with Crippen LogP contribution in [0, 0.1) is 6.92 Å². The molecule has 1 aliphatic rings. The summed E-state index contributed by atoms with van der Waals surface area (Å²) in [6, 6.07) is 4.04. The number of hydrogen-bond acceptors (Lipinski definition) is 5. The van der Waals surface area contributed by atoms with Crippen molar-refractivity contribution in [3.8, 4) is 10.8 Å². The summed E-state index contributed by atoms with van der Waals surface area (Å²) in [7, 11) is 1.84. The number of furan rings is 1. The highest BCUT2D eigenvalue weighted by Crippen LogP contribution is 2.26. The summed E-state index contributed by atoms with van der Waals surface area (Å²) in [6.45, 7) is 3.72. The minimum Gasteiger partial charge on any atom is -0.459 e. The number of nitrogens with one attached hydrogen (secondary N) is 1. The predicted octanol–water partition coefficient (Wildman–Crippen LogP) is 2.57. The van der Waals surface area contributed by atoms with Gasteiger partial charge >= 0.3 is 0 Å². The Morgan fingerprint density at radius 2 is 2.33 bits per heavy atom. The Kier molecular flexibility index (Phi) is 5.03. The molecule has 1 fully saturated rings. The van der Waals surface area contributed by atoms with Crippen molar-refractivity contribution < 1.29 is 9.21 Å². The number of halogens is 1.